The number of aromatic nitrogens is 2. The smallest absolute Gasteiger partial charge is 0.141 e. The van der Waals surface area contributed by atoms with E-state index in [1.165, 1.54) is 10.3 Å². The van der Waals surface area contributed by atoms with Gasteiger partial charge in [0.1, 0.15) is 5.01 Å². The molecule has 0 fully saturated rings. The number of aromatic amines is 1. The summed E-state index contributed by atoms with van der Waals surface area (Å²) in [7, 11) is 0. The second-order valence-electron chi connectivity index (χ2n) is 6.00. The van der Waals surface area contributed by atoms with Gasteiger partial charge in [0.25, 0.3) is 0 Å². The van der Waals surface area contributed by atoms with E-state index in [4.69, 9.17) is 33.9 Å². The third kappa shape index (κ3) is 3.04. The van der Waals surface area contributed by atoms with E-state index in [9.17, 15) is 0 Å². The van der Waals surface area contributed by atoms with Gasteiger partial charge < -0.3 is 10.7 Å². The molecule has 25 heavy (non-hydrogen) atoms. The van der Waals surface area contributed by atoms with Crippen LogP contribution in [0.25, 0.3) is 31.8 Å². The van der Waals surface area contributed by atoms with Gasteiger partial charge in [0.2, 0.25) is 0 Å². The second-order valence-corrected chi connectivity index (χ2v) is 7.81. The van der Waals surface area contributed by atoms with E-state index in [2.05, 4.69) is 11.1 Å². The number of hydrogen-bond acceptors (Lipinski definition) is 3. The summed E-state index contributed by atoms with van der Waals surface area (Å²) in [5.74, 6) is 0. The maximum atomic E-state index is 6.44. The number of thiazole rings is 1. The molecule has 2 aromatic carbocycles. The normalized spacial score (nSPS) is 11.6. The molecule has 0 saturated carbocycles. The zero-order chi connectivity index (χ0) is 17.4. The Balaban J connectivity index is 1.91. The van der Waals surface area contributed by atoms with E-state index in [-0.39, 0.29) is 0 Å². The van der Waals surface area contributed by atoms with Crippen molar-refractivity contribution < 1.29 is 0 Å². The number of fused-ring (bicyclic) bond motifs is 2. The molecule has 0 aliphatic carbocycles. The van der Waals surface area contributed by atoms with Crippen LogP contribution in [-0.4, -0.2) is 16.5 Å². The molecule has 3 N–H and O–H groups in total. The van der Waals surface area contributed by atoms with E-state index in [1.807, 2.05) is 30.3 Å². The van der Waals surface area contributed by atoms with Gasteiger partial charge in [0.15, 0.2) is 0 Å². The van der Waals surface area contributed by atoms with Crippen LogP contribution in [-0.2, 0) is 6.42 Å². The molecule has 0 aliphatic heterocycles. The highest BCUT2D eigenvalue weighted by atomic mass is 35.5. The number of rotatable bonds is 5. The molecule has 4 aromatic rings. The molecule has 0 atom stereocenters. The Labute approximate surface area is 159 Å². The van der Waals surface area contributed by atoms with Crippen LogP contribution < -0.4 is 5.73 Å². The van der Waals surface area contributed by atoms with Crippen LogP contribution >= 0.6 is 34.5 Å². The summed E-state index contributed by atoms with van der Waals surface area (Å²) in [5, 5.41) is 3.21. The Hall–Kier alpha value is -1.59. The minimum Gasteiger partial charge on any atom is -0.351 e. The number of halogens is 2. The fourth-order valence-corrected chi connectivity index (χ4v) is 4.49. The van der Waals surface area contributed by atoms with Crippen molar-refractivity contribution in [3.8, 4) is 10.7 Å². The highest BCUT2D eigenvalue weighted by Gasteiger charge is 2.18. The summed E-state index contributed by atoms with van der Waals surface area (Å²) < 4.78 is 1.17. The predicted molar refractivity (Wildman–Crippen MR) is 109 cm³/mol. The van der Waals surface area contributed by atoms with Crippen LogP contribution in [0.1, 0.15) is 18.4 Å². The van der Waals surface area contributed by atoms with Crippen LogP contribution in [0, 0.1) is 0 Å². The molecule has 0 saturated heterocycles. The Bertz CT molecular complexity index is 1020. The molecule has 0 amide bonds. The molecule has 6 heteroatoms. The monoisotopic (exact) mass is 389 g/mol. The van der Waals surface area contributed by atoms with E-state index >= 15 is 0 Å². The molecule has 128 valence electrons. The Kier molecular flexibility index (Phi) is 4.69. The number of nitrogens with one attached hydrogen (secondary N) is 1. The van der Waals surface area contributed by atoms with Crippen molar-refractivity contribution in [1.29, 1.82) is 0 Å². The molecule has 0 spiro atoms. The fraction of sp³-hybridized carbons (Fsp3) is 0.211. The lowest BCUT2D eigenvalue weighted by molar-refractivity contribution is 0.748. The van der Waals surface area contributed by atoms with Gasteiger partial charge in [0.05, 0.1) is 31.5 Å². The SMILES string of the molecule is NCCCCc1c(-c2nc3ccccc3s2)[nH]c2c(Cl)c(Cl)ccc12. The highest BCUT2D eigenvalue weighted by molar-refractivity contribution is 7.21. The molecule has 0 radical (unpaired) electrons. The van der Waals surface area contributed by atoms with Crippen molar-refractivity contribution in [2.24, 2.45) is 5.73 Å². The molecule has 3 nitrogen and oxygen atoms in total. The van der Waals surface area contributed by atoms with Gasteiger partial charge in [-0.15, -0.1) is 11.3 Å². The Morgan fingerprint density at radius 3 is 2.72 bits per heavy atom. The van der Waals surface area contributed by atoms with Crippen LogP contribution in [0.4, 0.5) is 0 Å². The lowest BCUT2D eigenvalue weighted by Crippen LogP contribution is -1.99. The fourth-order valence-electron chi connectivity index (χ4n) is 3.13. The van der Waals surface area contributed by atoms with Crippen LogP contribution in [0.2, 0.25) is 10.0 Å². The highest BCUT2D eigenvalue weighted by Crippen LogP contribution is 2.39. The first kappa shape index (κ1) is 16.9. The third-order valence-electron chi connectivity index (χ3n) is 4.36. The van der Waals surface area contributed by atoms with Crippen LogP contribution in [0.15, 0.2) is 36.4 Å². The van der Waals surface area contributed by atoms with Gasteiger partial charge in [0, 0.05) is 5.39 Å². The maximum absolute atomic E-state index is 6.44. The number of H-pyrrole nitrogens is 1. The van der Waals surface area contributed by atoms with Gasteiger partial charge in [-0.25, -0.2) is 4.98 Å². The minimum atomic E-state index is 0.555. The van der Waals surface area contributed by atoms with Gasteiger partial charge in [-0.05, 0) is 49.6 Å². The summed E-state index contributed by atoms with van der Waals surface area (Å²) in [6.45, 7) is 0.700. The summed E-state index contributed by atoms with van der Waals surface area (Å²) in [5.41, 5.74) is 9.84. The third-order valence-corrected chi connectivity index (χ3v) is 6.22. The maximum Gasteiger partial charge on any atom is 0.141 e. The van der Waals surface area contributed by atoms with Crippen molar-refractivity contribution in [1.82, 2.24) is 9.97 Å². The van der Waals surface area contributed by atoms with Crippen LogP contribution in [0.3, 0.4) is 0 Å². The average Bonchev–Trinajstić information content (AvgIpc) is 3.20. The quantitative estimate of drug-likeness (QED) is 0.409. The summed E-state index contributed by atoms with van der Waals surface area (Å²) in [6, 6.07) is 12.1. The van der Waals surface area contributed by atoms with E-state index in [0.29, 0.717) is 16.6 Å². The van der Waals surface area contributed by atoms with Crippen molar-refractivity contribution in [2.45, 2.75) is 19.3 Å². The molecular weight excluding hydrogens is 373 g/mol. The van der Waals surface area contributed by atoms with Gasteiger partial charge >= 0.3 is 0 Å². The van der Waals surface area contributed by atoms with E-state index in [1.54, 1.807) is 11.3 Å². The molecule has 4 rings (SSSR count). The van der Waals surface area contributed by atoms with Crippen molar-refractivity contribution in [3.05, 3.63) is 52.0 Å². The van der Waals surface area contributed by atoms with Gasteiger partial charge in [-0.1, -0.05) is 41.4 Å². The molecule has 0 unspecified atom stereocenters. The zero-order valence-corrected chi connectivity index (χ0v) is 15.8. The first-order valence-corrected chi connectivity index (χ1v) is 9.81. The van der Waals surface area contributed by atoms with Crippen molar-refractivity contribution >= 4 is 55.7 Å². The Morgan fingerprint density at radius 1 is 1.08 bits per heavy atom. The molecular formula is C19H17Cl2N3S. The molecule has 2 aromatic heterocycles. The predicted octanol–water partition coefficient (Wildman–Crippen LogP) is 6.03. The lowest BCUT2D eigenvalue weighted by Gasteiger charge is -2.03. The standard InChI is InChI=1S/C19H17Cl2N3S/c20-13-9-8-12-11(5-3-4-10-22)18(24-17(12)16(13)21)19-23-14-6-1-2-7-15(14)25-19/h1-2,6-9,24H,3-5,10,22H2. The van der Waals surface area contributed by atoms with Crippen molar-refractivity contribution in [3.63, 3.8) is 0 Å². The topological polar surface area (TPSA) is 54.7 Å². The molecule has 0 aliphatic rings. The van der Waals surface area contributed by atoms with Crippen LogP contribution in [0.5, 0.6) is 0 Å². The lowest BCUT2D eigenvalue weighted by atomic mass is 10.0. The first-order valence-electron chi connectivity index (χ1n) is 8.23. The number of hydrogen-bond donors (Lipinski definition) is 2. The number of aryl methyl sites for hydroxylation is 1. The summed E-state index contributed by atoms with van der Waals surface area (Å²) in [6.07, 6.45) is 2.95. The van der Waals surface area contributed by atoms with Crippen molar-refractivity contribution in [2.75, 3.05) is 6.54 Å². The number of para-hydroxylation sites is 1. The van der Waals surface area contributed by atoms with Gasteiger partial charge in [-0.3, -0.25) is 0 Å². The van der Waals surface area contributed by atoms with E-state index in [0.717, 1.165) is 46.4 Å². The largest absolute Gasteiger partial charge is 0.351 e. The number of benzene rings is 2. The second kappa shape index (κ2) is 6.96. The molecule has 0 bridgehead atoms. The summed E-state index contributed by atoms with van der Waals surface area (Å²) >= 11 is 14.3. The minimum absolute atomic E-state index is 0.555. The first-order chi connectivity index (χ1) is 12.2. The summed E-state index contributed by atoms with van der Waals surface area (Å²) in [4.78, 5) is 8.28. The van der Waals surface area contributed by atoms with Gasteiger partial charge in [-0.2, -0.15) is 0 Å². The number of nitrogens with two attached hydrogens (primary N) is 1. The Morgan fingerprint density at radius 2 is 1.92 bits per heavy atom. The van der Waals surface area contributed by atoms with E-state index < -0.39 is 0 Å². The number of unbranched alkanes of at least 4 members (excludes halogenated alkanes) is 1. The number of nitrogens with zero attached hydrogens (tertiary/aromatic N) is 1. The average molecular weight is 390 g/mol. The molecule has 2 heterocycles. The zero-order valence-electron chi connectivity index (χ0n) is 13.5.